The van der Waals surface area contributed by atoms with Gasteiger partial charge in [-0.25, -0.2) is 4.98 Å². The van der Waals surface area contributed by atoms with Crippen LogP contribution < -0.4 is 0 Å². The second kappa shape index (κ2) is 5.88. The van der Waals surface area contributed by atoms with Crippen LogP contribution in [0.4, 0.5) is 0 Å². The fraction of sp³-hybridized carbons (Fsp3) is 0.579. The van der Waals surface area contributed by atoms with E-state index in [1.807, 2.05) is 24.3 Å². The molecule has 2 fully saturated rings. The molecular weight excluding hydrogens is 302 g/mol. The molecule has 24 heavy (non-hydrogen) atoms. The second-order valence-corrected chi connectivity index (χ2v) is 7.33. The number of amides is 1. The number of aromatic amines is 1. The summed E-state index contributed by atoms with van der Waals surface area (Å²) in [5.74, 6) is 1.09. The molecule has 2 aromatic rings. The molecule has 3 heterocycles. The number of nitrogens with one attached hydrogen (secondary N) is 1. The highest BCUT2D eigenvalue weighted by molar-refractivity contribution is 5.78. The van der Waals surface area contributed by atoms with E-state index in [9.17, 15) is 9.90 Å². The Morgan fingerprint density at radius 3 is 2.96 bits per heavy atom. The number of aliphatic hydroxyl groups is 1. The minimum absolute atomic E-state index is 0.0715. The molecule has 0 saturated carbocycles. The third kappa shape index (κ3) is 2.34. The lowest BCUT2D eigenvalue weighted by Gasteiger charge is -2.34. The van der Waals surface area contributed by atoms with Gasteiger partial charge in [0.15, 0.2) is 0 Å². The van der Waals surface area contributed by atoms with Crippen LogP contribution in [-0.4, -0.2) is 44.6 Å². The lowest BCUT2D eigenvalue weighted by molar-refractivity contribution is -0.133. The Kier molecular flexibility index (Phi) is 3.83. The Morgan fingerprint density at radius 1 is 1.42 bits per heavy atom. The summed E-state index contributed by atoms with van der Waals surface area (Å²) in [5, 5.41) is 9.87. The van der Waals surface area contributed by atoms with Crippen molar-refractivity contribution in [3.05, 3.63) is 30.1 Å². The number of aryl methyl sites for hydroxylation is 1. The molecule has 0 unspecified atom stereocenters. The maximum absolute atomic E-state index is 12.8. The number of benzene rings is 1. The van der Waals surface area contributed by atoms with Crippen molar-refractivity contribution in [2.75, 3.05) is 6.61 Å². The van der Waals surface area contributed by atoms with E-state index in [-0.39, 0.29) is 24.0 Å². The van der Waals surface area contributed by atoms with Crippen molar-refractivity contribution in [3.8, 4) is 0 Å². The molecule has 2 bridgehead atoms. The molecule has 0 spiro atoms. The normalized spacial score (nSPS) is 28.8. The molecule has 5 heteroatoms. The number of nitrogens with zero attached hydrogens (tertiary/aromatic N) is 2. The number of imidazole rings is 1. The van der Waals surface area contributed by atoms with Crippen LogP contribution in [0.15, 0.2) is 24.3 Å². The van der Waals surface area contributed by atoms with Crippen molar-refractivity contribution in [1.29, 1.82) is 0 Å². The first-order valence-electron chi connectivity index (χ1n) is 9.02. The van der Waals surface area contributed by atoms with Crippen molar-refractivity contribution in [2.45, 2.75) is 57.5 Å². The van der Waals surface area contributed by atoms with E-state index in [1.54, 1.807) is 0 Å². The molecule has 5 nitrogen and oxygen atoms in total. The number of aliphatic hydroxyl groups excluding tert-OH is 1. The first kappa shape index (κ1) is 15.6. The number of H-pyrrole nitrogens is 1. The van der Waals surface area contributed by atoms with Crippen molar-refractivity contribution >= 4 is 16.9 Å². The van der Waals surface area contributed by atoms with E-state index in [0.717, 1.165) is 42.5 Å². The zero-order valence-electron chi connectivity index (χ0n) is 14.2. The molecule has 2 saturated heterocycles. The SMILES string of the molecule is CC[C@@]1(CO)C[C@@H]2CC[C@H]1N2C(=O)CCc1nc2ccccc2[nH]1. The topological polar surface area (TPSA) is 69.2 Å². The van der Waals surface area contributed by atoms with E-state index in [0.29, 0.717) is 18.9 Å². The summed E-state index contributed by atoms with van der Waals surface area (Å²) in [6, 6.07) is 8.49. The number of rotatable bonds is 5. The van der Waals surface area contributed by atoms with Gasteiger partial charge in [0.1, 0.15) is 5.82 Å². The van der Waals surface area contributed by atoms with Gasteiger partial charge in [0.05, 0.1) is 17.6 Å². The average molecular weight is 327 g/mol. The highest BCUT2D eigenvalue weighted by Crippen LogP contribution is 2.51. The fourth-order valence-electron chi connectivity index (χ4n) is 4.81. The van der Waals surface area contributed by atoms with Gasteiger partial charge in [-0.2, -0.15) is 0 Å². The quantitative estimate of drug-likeness (QED) is 0.887. The highest BCUT2D eigenvalue weighted by atomic mass is 16.3. The molecule has 1 aromatic heterocycles. The minimum Gasteiger partial charge on any atom is -0.396 e. The lowest BCUT2D eigenvalue weighted by atomic mass is 9.72. The van der Waals surface area contributed by atoms with E-state index in [2.05, 4.69) is 21.8 Å². The van der Waals surface area contributed by atoms with Crippen LogP contribution in [0.1, 0.15) is 44.9 Å². The molecule has 2 N–H and O–H groups in total. The van der Waals surface area contributed by atoms with Crippen LogP contribution in [0.2, 0.25) is 0 Å². The predicted octanol–water partition coefficient (Wildman–Crippen LogP) is 2.65. The van der Waals surface area contributed by atoms with Gasteiger partial charge in [0.2, 0.25) is 5.91 Å². The largest absolute Gasteiger partial charge is 0.396 e. The summed E-state index contributed by atoms with van der Waals surface area (Å²) < 4.78 is 0. The number of hydrogen-bond acceptors (Lipinski definition) is 3. The first-order valence-corrected chi connectivity index (χ1v) is 9.02. The molecular formula is C19H25N3O2. The molecule has 128 valence electrons. The zero-order chi connectivity index (χ0) is 16.7. The van der Waals surface area contributed by atoms with Gasteiger partial charge in [-0.15, -0.1) is 0 Å². The van der Waals surface area contributed by atoms with E-state index < -0.39 is 0 Å². The Morgan fingerprint density at radius 2 is 2.25 bits per heavy atom. The first-order chi connectivity index (χ1) is 11.7. The third-order valence-corrected chi connectivity index (χ3v) is 6.17. The number of para-hydroxylation sites is 2. The van der Waals surface area contributed by atoms with Gasteiger partial charge in [-0.1, -0.05) is 19.1 Å². The van der Waals surface area contributed by atoms with Crippen LogP contribution in [0.25, 0.3) is 11.0 Å². The summed E-state index contributed by atoms with van der Waals surface area (Å²) in [6.45, 7) is 2.33. The molecule has 1 aromatic carbocycles. The Hall–Kier alpha value is -1.88. The Bertz CT molecular complexity index is 717. The van der Waals surface area contributed by atoms with Crippen LogP contribution in [0, 0.1) is 5.41 Å². The molecule has 2 aliphatic heterocycles. The summed E-state index contributed by atoms with van der Waals surface area (Å²) in [7, 11) is 0. The van der Waals surface area contributed by atoms with E-state index in [4.69, 9.17) is 0 Å². The predicted molar refractivity (Wildman–Crippen MR) is 92.5 cm³/mol. The van der Waals surface area contributed by atoms with Gasteiger partial charge in [0.25, 0.3) is 0 Å². The van der Waals surface area contributed by atoms with Crippen molar-refractivity contribution < 1.29 is 9.90 Å². The van der Waals surface area contributed by atoms with E-state index in [1.165, 1.54) is 0 Å². The monoisotopic (exact) mass is 327 g/mol. The fourth-order valence-corrected chi connectivity index (χ4v) is 4.81. The van der Waals surface area contributed by atoms with Gasteiger partial charge in [-0.05, 0) is 37.8 Å². The number of hydrogen-bond donors (Lipinski definition) is 2. The number of fused-ring (bicyclic) bond motifs is 3. The third-order valence-electron chi connectivity index (χ3n) is 6.17. The summed E-state index contributed by atoms with van der Waals surface area (Å²) in [4.78, 5) is 22.8. The molecule has 2 aliphatic rings. The zero-order valence-corrected chi connectivity index (χ0v) is 14.2. The van der Waals surface area contributed by atoms with Gasteiger partial charge in [0, 0.05) is 30.3 Å². The van der Waals surface area contributed by atoms with Crippen LogP contribution in [0.5, 0.6) is 0 Å². The summed E-state index contributed by atoms with van der Waals surface area (Å²) >= 11 is 0. The van der Waals surface area contributed by atoms with E-state index >= 15 is 0 Å². The molecule has 4 rings (SSSR count). The standard InChI is InChI=1S/C19H25N3O2/c1-2-19(12-23)11-13-7-8-16(19)22(13)18(24)10-9-17-20-14-5-3-4-6-15(14)21-17/h3-6,13,16,23H,2,7-12H2,1H3,(H,20,21)/t13-,16+,19-/m0/s1. The second-order valence-electron chi connectivity index (χ2n) is 7.33. The lowest BCUT2D eigenvalue weighted by Crippen LogP contribution is -2.42. The molecule has 3 atom stereocenters. The maximum Gasteiger partial charge on any atom is 0.223 e. The van der Waals surface area contributed by atoms with Crippen LogP contribution in [0.3, 0.4) is 0 Å². The molecule has 1 amide bonds. The molecule has 0 radical (unpaired) electrons. The number of carbonyl (C=O) groups is 1. The average Bonchev–Trinajstić information content (AvgIpc) is 3.30. The van der Waals surface area contributed by atoms with Gasteiger partial charge < -0.3 is 15.0 Å². The molecule has 0 aliphatic carbocycles. The maximum atomic E-state index is 12.8. The van der Waals surface area contributed by atoms with Crippen molar-refractivity contribution in [2.24, 2.45) is 5.41 Å². The van der Waals surface area contributed by atoms with Crippen LogP contribution >= 0.6 is 0 Å². The van der Waals surface area contributed by atoms with Crippen molar-refractivity contribution in [3.63, 3.8) is 0 Å². The highest BCUT2D eigenvalue weighted by Gasteiger charge is 2.55. The minimum atomic E-state index is -0.0715. The smallest absolute Gasteiger partial charge is 0.223 e. The van der Waals surface area contributed by atoms with Gasteiger partial charge >= 0.3 is 0 Å². The summed E-state index contributed by atoms with van der Waals surface area (Å²) in [6.07, 6.45) is 5.15. The number of carbonyl (C=O) groups excluding carboxylic acids is 1. The summed E-state index contributed by atoms with van der Waals surface area (Å²) in [5.41, 5.74) is 1.90. The van der Waals surface area contributed by atoms with Gasteiger partial charge in [-0.3, -0.25) is 4.79 Å². The Balaban J connectivity index is 1.45. The van der Waals surface area contributed by atoms with Crippen molar-refractivity contribution in [1.82, 2.24) is 14.9 Å². The Labute approximate surface area is 142 Å². The van der Waals surface area contributed by atoms with Crippen LogP contribution in [-0.2, 0) is 11.2 Å². The number of aromatic nitrogens is 2.